The van der Waals surface area contributed by atoms with Gasteiger partial charge in [-0.15, -0.1) is 0 Å². The van der Waals surface area contributed by atoms with E-state index in [0.29, 0.717) is 11.4 Å². The topological polar surface area (TPSA) is 84.5 Å². The first-order valence-electron chi connectivity index (χ1n) is 8.64. The van der Waals surface area contributed by atoms with E-state index < -0.39 is 16.1 Å². The van der Waals surface area contributed by atoms with Gasteiger partial charge in [0.2, 0.25) is 10.0 Å². The van der Waals surface area contributed by atoms with Gasteiger partial charge < -0.3 is 10.1 Å². The molecule has 0 radical (unpaired) electrons. The van der Waals surface area contributed by atoms with Gasteiger partial charge in [0, 0.05) is 5.69 Å². The first-order chi connectivity index (χ1) is 12.5. The summed E-state index contributed by atoms with van der Waals surface area (Å²) in [7, 11) is -2.16. The van der Waals surface area contributed by atoms with E-state index in [1.807, 2.05) is 24.3 Å². The second-order valence-electron chi connectivity index (χ2n) is 7.26. The van der Waals surface area contributed by atoms with E-state index in [9.17, 15) is 13.2 Å². The lowest BCUT2D eigenvalue weighted by Crippen LogP contribution is -2.30. The van der Waals surface area contributed by atoms with Crippen LogP contribution in [0.15, 0.2) is 53.4 Å². The second-order valence-corrected chi connectivity index (χ2v) is 9.14. The summed E-state index contributed by atoms with van der Waals surface area (Å²) < 4.78 is 31.4. The lowest BCUT2D eigenvalue weighted by atomic mass is 9.87. The van der Waals surface area contributed by atoms with Crippen LogP contribution in [0, 0.1) is 0 Å². The Hall–Kier alpha value is -2.38. The third-order valence-electron chi connectivity index (χ3n) is 4.10. The third kappa shape index (κ3) is 5.55. The van der Waals surface area contributed by atoms with Crippen molar-refractivity contribution >= 4 is 21.6 Å². The zero-order valence-corrected chi connectivity index (χ0v) is 17.1. The largest absolute Gasteiger partial charge is 0.481 e. The standard InChI is InChI=1S/C20H26N2O4S/c1-14(26-17-10-6-15(7-11-17)20(2,3)4)19(23)22-16-8-12-18(13-9-16)27(24,25)21-5/h6-14,21H,1-5H3,(H,22,23)/t14-/m1/s1. The molecule has 0 unspecified atom stereocenters. The highest BCUT2D eigenvalue weighted by Crippen LogP contribution is 2.24. The summed E-state index contributed by atoms with van der Waals surface area (Å²) in [6.07, 6.45) is -0.703. The summed E-state index contributed by atoms with van der Waals surface area (Å²) in [4.78, 5) is 12.4. The fourth-order valence-corrected chi connectivity index (χ4v) is 3.10. The van der Waals surface area contributed by atoms with E-state index in [0.717, 1.165) is 0 Å². The molecule has 1 atom stereocenters. The fraction of sp³-hybridized carbons (Fsp3) is 0.350. The zero-order valence-electron chi connectivity index (χ0n) is 16.2. The van der Waals surface area contributed by atoms with Gasteiger partial charge in [-0.1, -0.05) is 32.9 Å². The van der Waals surface area contributed by atoms with Gasteiger partial charge in [-0.3, -0.25) is 4.79 Å². The monoisotopic (exact) mass is 390 g/mol. The van der Waals surface area contributed by atoms with Crippen LogP contribution in [-0.4, -0.2) is 27.5 Å². The highest BCUT2D eigenvalue weighted by molar-refractivity contribution is 7.89. The molecule has 27 heavy (non-hydrogen) atoms. The van der Waals surface area contributed by atoms with E-state index >= 15 is 0 Å². The van der Waals surface area contributed by atoms with Crippen LogP contribution in [0.5, 0.6) is 5.75 Å². The number of sulfonamides is 1. The van der Waals surface area contributed by atoms with Crippen molar-refractivity contribution in [2.75, 3.05) is 12.4 Å². The van der Waals surface area contributed by atoms with Crippen molar-refractivity contribution in [3.63, 3.8) is 0 Å². The van der Waals surface area contributed by atoms with Crippen LogP contribution < -0.4 is 14.8 Å². The Balaban J connectivity index is 1.99. The molecular formula is C20H26N2O4S. The average molecular weight is 391 g/mol. The number of benzene rings is 2. The molecule has 0 heterocycles. The van der Waals surface area contributed by atoms with E-state index in [-0.39, 0.29) is 16.2 Å². The predicted molar refractivity (Wildman–Crippen MR) is 107 cm³/mol. The maximum atomic E-state index is 12.3. The highest BCUT2D eigenvalue weighted by atomic mass is 32.2. The Kier molecular flexibility index (Phi) is 6.28. The van der Waals surface area contributed by atoms with Crippen LogP contribution in [0.4, 0.5) is 5.69 Å². The van der Waals surface area contributed by atoms with Crippen molar-refractivity contribution in [2.45, 2.75) is 44.1 Å². The fourth-order valence-electron chi connectivity index (χ4n) is 2.37. The van der Waals surface area contributed by atoms with Crippen molar-refractivity contribution in [3.8, 4) is 5.75 Å². The molecule has 1 amide bonds. The van der Waals surface area contributed by atoms with Gasteiger partial charge in [0.15, 0.2) is 6.10 Å². The molecule has 0 aromatic heterocycles. The molecule has 7 heteroatoms. The number of hydrogen-bond acceptors (Lipinski definition) is 4. The van der Waals surface area contributed by atoms with E-state index in [4.69, 9.17) is 4.74 Å². The van der Waals surface area contributed by atoms with Crippen LogP contribution in [0.25, 0.3) is 0 Å². The molecule has 0 saturated heterocycles. The van der Waals surface area contributed by atoms with Crippen LogP contribution >= 0.6 is 0 Å². The maximum absolute atomic E-state index is 12.3. The predicted octanol–water partition coefficient (Wildman–Crippen LogP) is 3.30. The number of hydrogen-bond donors (Lipinski definition) is 2. The SMILES string of the molecule is CNS(=O)(=O)c1ccc(NC(=O)[C@@H](C)Oc2ccc(C(C)(C)C)cc2)cc1. The normalized spacial score (nSPS) is 13.1. The minimum absolute atomic E-state index is 0.0501. The summed E-state index contributed by atoms with van der Waals surface area (Å²) in [5.41, 5.74) is 1.73. The highest BCUT2D eigenvalue weighted by Gasteiger charge is 2.17. The molecular weight excluding hydrogens is 364 g/mol. The molecule has 0 fully saturated rings. The molecule has 0 aliphatic carbocycles. The van der Waals surface area contributed by atoms with Crippen molar-refractivity contribution < 1.29 is 17.9 Å². The molecule has 6 nitrogen and oxygen atoms in total. The second kappa shape index (κ2) is 8.10. The minimum atomic E-state index is -3.50. The van der Waals surface area contributed by atoms with Crippen molar-refractivity contribution in [2.24, 2.45) is 0 Å². The number of carbonyl (C=O) groups excluding carboxylic acids is 1. The van der Waals surface area contributed by atoms with Crippen molar-refractivity contribution in [1.82, 2.24) is 4.72 Å². The van der Waals surface area contributed by atoms with E-state index in [2.05, 4.69) is 30.8 Å². The minimum Gasteiger partial charge on any atom is -0.481 e. The van der Waals surface area contributed by atoms with E-state index in [1.54, 1.807) is 6.92 Å². The summed E-state index contributed by atoms with van der Waals surface area (Å²) in [6.45, 7) is 8.05. The van der Waals surface area contributed by atoms with Gasteiger partial charge >= 0.3 is 0 Å². The Bertz CT molecular complexity index is 883. The number of carbonyl (C=O) groups is 1. The molecule has 0 aliphatic rings. The van der Waals surface area contributed by atoms with E-state index in [1.165, 1.54) is 36.9 Å². The smallest absolute Gasteiger partial charge is 0.265 e. The number of ether oxygens (including phenoxy) is 1. The van der Waals surface area contributed by atoms with Crippen LogP contribution in [-0.2, 0) is 20.2 Å². The average Bonchev–Trinajstić information content (AvgIpc) is 2.61. The van der Waals surface area contributed by atoms with Crippen LogP contribution in [0.2, 0.25) is 0 Å². The molecule has 0 aliphatic heterocycles. The zero-order chi connectivity index (χ0) is 20.2. The molecule has 0 saturated carbocycles. The van der Waals surface area contributed by atoms with Gasteiger partial charge in [-0.05, 0) is 61.3 Å². The van der Waals surface area contributed by atoms with Gasteiger partial charge in [-0.2, -0.15) is 0 Å². The first-order valence-corrected chi connectivity index (χ1v) is 10.1. The number of amides is 1. The summed E-state index contributed by atoms with van der Waals surface area (Å²) in [5.74, 6) is 0.292. The van der Waals surface area contributed by atoms with Gasteiger partial charge in [0.25, 0.3) is 5.91 Å². The third-order valence-corrected chi connectivity index (χ3v) is 5.53. The van der Waals surface area contributed by atoms with Gasteiger partial charge in [-0.25, -0.2) is 13.1 Å². The lowest BCUT2D eigenvalue weighted by Gasteiger charge is -2.20. The van der Waals surface area contributed by atoms with Crippen molar-refractivity contribution in [1.29, 1.82) is 0 Å². The summed E-state index contributed by atoms with van der Waals surface area (Å²) in [5, 5.41) is 2.72. The molecule has 2 rings (SSSR count). The van der Waals surface area contributed by atoms with Gasteiger partial charge in [0.05, 0.1) is 4.90 Å². The first kappa shape index (κ1) is 20.9. The Morgan fingerprint density at radius 3 is 2.04 bits per heavy atom. The molecule has 2 aromatic rings. The quantitative estimate of drug-likeness (QED) is 0.793. The number of anilines is 1. The molecule has 0 spiro atoms. The van der Waals surface area contributed by atoms with Crippen molar-refractivity contribution in [3.05, 3.63) is 54.1 Å². The maximum Gasteiger partial charge on any atom is 0.265 e. The lowest BCUT2D eigenvalue weighted by molar-refractivity contribution is -0.122. The number of nitrogens with one attached hydrogen (secondary N) is 2. The van der Waals surface area contributed by atoms with Crippen LogP contribution in [0.3, 0.4) is 0 Å². The molecule has 2 aromatic carbocycles. The summed E-state index contributed by atoms with van der Waals surface area (Å²) >= 11 is 0. The molecule has 146 valence electrons. The molecule has 0 bridgehead atoms. The van der Waals surface area contributed by atoms with Gasteiger partial charge in [0.1, 0.15) is 5.75 Å². The number of rotatable bonds is 6. The molecule has 2 N–H and O–H groups in total. The van der Waals surface area contributed by atoms with Crippen LogP contribution in [0.1, 0.15) is 33.3 Å². The summed E-state index contributed by atoms with van der Waals surface area (Å²) in [6, 6.07) is 13.6. The Labute approximate surface area is 161 Å². The Morgan fingerprint density at radius 2 is 1.56 bits per heavy atom. The Morgan fingerprint density at radius 1 is 1.00 bits per heavy atom.